The molecule has 1 heterocycles. The zero-order valence-corrected chi connectivity index (χ0v) is 16.8. The van der Waals surface area contributed by atoms with Gasteiger partial charge in [-0.1, -0.05) is 35.5 Å². The van der Waals surface area contributed by atoms with E-state index in [9.17, 15) is 9.59 Å². The van der Waals surface area contributed by atoms with Gasteiger partial charge in [-0.25, -0.2) is 4.98 Å². The van der Waals surface area contributed by atoms with E-state index in [0.717, 1.165) is 11.1 Å². The Bertz CT molecular complexity index is 1040. The summed E-state index contributed by atoms with van der Waals surface area (Å²) >= 11 is 7.09. The molecule has 3 rings (SSSR count). The molecule has 0 aliphatic heterocycles. The molecular formula is C21H19ClN2O2S. The molecule has 2 aromatic carbocycles. The first-order valence-corrected chi connectivity index (χ1v) is 9.74. The lowest BCUT2D eigenvalue weighted by atomic mass is 10.0. The summed E-state index contributed by atoms with van der Waals surface area (Å²) in [5.74, 6) is -0.0220. The van der Waals surface area contributed by atoms with Crippen molar-refractivity contribution in [2.45, 2.75) is 31.0 Å². The molecule has 0 amide bonds. The fraction of sp³-hybridized carbons (Fsp3) is 0.190. The fourth-order valence-corrected chi connectivity index (χ4v) is 3.65. The summed E-state index contributed by atoms with van der Waals surface area (Å²) in [6, 6.07) is 12.6. The Morgan fingerprint density at radius 2 is 1.81 bits per heavy atom. The third kappa shape index (κ3) is 4.31. The Labute approximate surface area is 167 Å². The van der Waals surface area contributed by atoms with Gasteiger partial charge in [0.1, 0.15) is 0 Å². The minimum Gasteiger partial charge on any atom is -0.293 e. The summed E-state index contributed by atoms with van der Waals surface area (Å²) in [6.45, 7) is 5.78. The number of aryl methyl sites for hydroxylation is 2. The number of hydrogen-bond donors (Lipinski definition) is 0. The van der Waals surface area contributed by atoms with Gasteiger partial charge < -0.3 is 0 Å². The van der Waals surface area contributed by atoms with Gasteiger partial charge >= 0.3 is 0 Å². The number of halogens is 1. The second-order valence-electron chi connectivity index (χ2n) is 6.31. The number of Topliss-reactive ketones (excluding diaryl/α,β-unsaturated/α-hetero) is 1. The molecule has 3 aromatic rings. The third-order valence-corrected chi connectivity index (χ3v) is 5.69. The van der Waals surface area contributed by atoms with Crippen LogP contribution >= 0.6 is 23.4 Å². The van der Waals surface area contributed by atoms with Crippen molar-refractivity contribution in [2.75, 3.05) is 0 Å². The molecule has 1 atom stereocenters. The van der Waals surface area contributed by atoms with Crippen LogP contribution in [0.5, 0.6) is 0 Å². The van der Waals surface area contributed by atoms with E-state index in [1.165, 1.54) is 16.3 Å². The topological polar surface area (TPSA) is 52.0 Å². The zero-order chi connectivity index (χ0) is 19.6. The predicted molar refractivity (Wildman–Crippen MR) is 110 cm³/mol. The molecule has 0 fully saturated rings. The van der Waals surface area contributed by atoms with Crippen LogP contribution in [0.3, 0.4) is 0 Å². The van der Waals surface area contributed by atoms with Crippen LogP contribution in [0.25, 0.3) is 5.69 Å². The van der Waals surface area contributed by atoms with E-state index in [1.807, 2.05) is 32.0 Å². The number of carbonyl (C=O) groups is 1. The van der Waals surface area contributed by atoms with Crippen molar-refractivity contribution >= 4 is 29.1 Å². The summed E-state index contributed by atoms with van der Waals surface area (Å²) in [5, 5.41) is 0.466. The van der Waals surface area contributed by atoms with E-state index in [0.29, 0.717) is 16.3 Å². The Morgan fingerprint density at radius 1 is 1.11 bits per heavy atom. The zero-order valence-electron chi connectivity index (χ0n) is 15.3. The van der Waals surface area contributed by atoms with Gasteiger partial charge in [0.25, 0.3) is 5.56 Å². The highest BCUT2D eigenvalue weighted by Crippen LogP contribution is 2.23. The maximum Gasteiger partial charge on any atom is 0.287 e. The Hall–Kier alpha value is -2.37. The number of rotatable bonds is 5. The molecule has 0 unspecified atom stereocenters. The Balaban J connectivity index is 1.86. The first kappa shape index (κ1) is 19.4. The van der Waals surface area contributed by atoms with Crippen molar-refractivity contribution in [3.8, 4) is 5.69 Å². The molecule has 0 N–H and O–H groups in total. The first-order chi connectivity index (χ1) is 12.9. The number of carbonyl (C=O) groups excluding carboxylic acids is 1. The average molecular weight is 399 g/mol. The highest BCUT2D eigenvalue weighted by molar-refractivity contribution is 8.00. The van der Waals surface area contributed by atoms with Crippen LogP contribution in [0.1, 0.15) is 28.4 Å². The molecule has 0 aliphatic rings. The van der Waals surface area contributed by atoms with Crippen LogP contribution in [0.4, 0.5) is 0 Å². The van der Waals surface area contributed by atoms with Crippen molar-refractivity contribution in [3.05, 3.63) is 86.9 Å². The number of thioether (sulfide) groups is 1. The van der Waals surface area contributed by atoms with Crippen molar-refractivity contribution < 1.29 is 4.79 Å². The minimum atomic E-state index is -0.423. The summed E-state index contributed by atoms with van der Waals surface area (Å²) in [5.41, 5.74) is 3.29. The van der Waals surface area contributed by atoms with Gasteiger partial charge in [0.15, 0.2) is 10.8 Å². The third-order valence-electron chi connectivity index (χ3n) is 4.36. The molecule has 4 nitrogen and oxygen atoms in total. The second kappa shape index (κ2) is 8.11. The average Bonchev–Trinajstić information content (AvgIpc) is 2.66. The SMILES string of the molecule is Cc1ccc(C(=O)[C@@H](C)Sc2nccn(-c3ccc(Cl)cc3)c2=O)cc1C. The summed E-state index contributed by atoms with van der Waals surface area (Å²) in [6.07, 6.45) is 3.16. The molecule has 27 heavy (non-hydrogen) atoms. The van der Waals surface area contributed by atoms with Crippen LogP contribution in [0.15, 0.2) is 64.7 Å². The largest absolute Gasteiger partial charge is 0.293 e. The van der Waals surface area contributed by atoms with Crippen LogP contribution in [-0.2, 0) is 0 Å². The molecule has 138 valence electrons. The molecule has 1 aromatic heterocycles. The van der Waals surface area contributed by atoms with Gasteiger partial charge in [0, 0.05) is 28.7 Å². The van der Waals surface area contributed by atoms with Gasteiger partial charge in [-0.2, -0.15) is 0 Å². The van der Waals surface area contributed by atoms with Crippen molar-refractivity contribution in [2.24, 2.45) is 0 Å². The predicted octanol–water partition coefficient (Wildman–Crippen LogP) is 4.87. The van der Waals surface area contributed by atoms with Gasteiger partial charge in [-0.15, -0.1) is 0 Å². The van der Waals surface area contributed by atoms with E-state index in [1.54, 1.807) is 43.6 Å². The highest BCUT2D eigenvalue weighted by Gasteiger charge is 2.20. The van der Waals surface area contributed by atoms with Crippen molar-refractivity contribution in [3.63, 3.8) is 0 Å². The molecule has 0 saturated carbocycles. The van der Waals surface area contributed by atoms with E-state index in [2.05, 4.69) is 4.98 Å². The normalized spacial score (nSPS) is 12.0. The molecular weight excluding hydrogens is 380 g/mol. The minimum absolute atomic E-state index is 0.0220. The second-order valence-corrected chi connectivity index (χ2v) is 8.07. The quantitative estimate of drug-likeness (QED) is 0.454. The van der Waals surface area contributed by atoms with E-state index in [4.69, 9.17) is 11.6 Å². The van der Waals surface area contributed by atoms with Gasteiger partial charge in [0.2, 0.25) is 0 Å². The Morgan fingerprint density at radius 3 is 2.48 bits per heavy atom. The lowest BCUT2D eigenvalue weighted by Crippen LogP contribution is -2.23. The van der Waals surface area contributed by atoms with Crippen LogP contribution in [0, 0.1) is 13.8 Å². The van der Waals surface area contributed by atoms with Crippen molar-refractivity contribution in [1.82, 2.24) is 9.55 Å². The number of nitrogens with zero attached hydrogens (tertiary/aromatic N) is 2. The summed E-state index contributed by atoms with van der Waals surface area (Å²) < 4.78 is 1.50. The number of ketones is 1. The number of benzene rings is 2. The van der Waals surface area contributed by atoms with Crippen molar-refractivity contribution in [1.29, 1.82) is 0 Å². The molecule has 0 saturated heterocycles. The fourth-order valence-electron chi connectivity index (χ4n) is 2.63. The van der Waals surface area contributed by atoms with E-state index >= 15 is 0 Å². The van der Waals surface area contributed by atoms with Crippen LogP contribution in [-0.4, -0.2) is 20.6 Å². The Kier molecular flexibility index (Phi) is 5.82. The molecule has 6 heteroatoms. The molecule has 0 spiro atoms. The maximum atomic E-state index is 12.8. The number of aromatic nitrogens is 2. The summed E-state index contributed by atoms with van der Waals surface area (Å²) in [7, 11) is 0. The molecule has 0 aliphatic carbocycles. The summed E-state index contributed by atoms with van der Waals surface area (Å²) in [4.78, 5) is 29.7. The van der Waals surface area contributed by atoms with Gasteiger partial charge in [-0.3, -0.25) is 14.2 Å². The van der Waals surface area contributed by atoms with Gasteiger partial charge in [0.05, 0.1) is 5.25 Å². The van der Waals surface area contributed by atoms with Gasteiger partial charge in [-0.05, 0) is 62.2 Å². The van der Waals surface area contributed by atoms with Crippen LogP contribution < -0.4 is 5.56 Å². The lowest BCUT2D eigenvalue weighted by molar-refractivity contribution is 0.0994. The maximum absolute atomic E-state index is 12.8. The monoisotopic (exact) mass is 398 g/mol. The first-order valence-electron chi connectivity index (χ1n) is 8.48. The van der Waals surface area contributed by atoms with Crippen LogP contribution in [0.2, 0.25) is 5.02 Å². The standard InChI is InChI=1S/C21H19ClN2O2S/c1-13-4-5-16(12-14(13)2)19(25)15(3)27-20-21(26)24(11-10-23-20)18-8-6-17(22)7-9-18/h4-12,15H,1-3H3/t15-/m1/s1. The number of hydrogen-bond acceptors (Lipinski definition) is 4. The molecule has 0 radical (unpaired) electrons. The van der Waals surface area contributed by atoms with E-state index in [-0.39, 0.29) is 16.4 Å². The lowest BCUT2D eigenvalue weighted by Gasteiger charge is -2.12. The van der Waals surface area contributed by atoms with E-state index < -0.39 is 5.25 Å². The smallest absolute Gasteiger partial charge is 0.287 e. The highest BCUT2D eigenvalue weighted by atomic mass is 35.5. The molecule has 0 bridgehead atoms.